The summed E-state index contributed by atoms with van der Waals surface area (Å²) >= 11 is 0. The molecule has 0 unspecified atom stereocenters. The van der Waals surface area contributed by atoms with E-state index in [4.69, 9.17) is 14.2 Å². The number of hydrogen-bond donors (Lipinski definition) is 0. The van der Waals surface area contributed by atoms with E-state index in [9.17, 15) is 14.4 Å². The summed E-state index contributed by atoms with van der Waals surface area (Å²) in [5.41, 5.74) is 0. The first-order chi connectivity index (χ1) is 21.2. The van der Waals surface area contributed by atoms with Gasteiger partial charge in [-0.1, -0.05) is 157 Å². The van der Waals surface area contributed by atoms with Crippen molar-refractivity contribution >= 4 is 17.9 Å². The fraction of sp³-hybridized carbons (Fsp3) is 0.921. The predicted molar refractivity (Wildman–Crippen MR) is 183 cm³/mol. The highest BCUT2D eigenvalue weighted by atomic mass is 16.6. The minimum atomic E-state index is -0.757. The fourth-order valence-electron chi connectivity index (χ4n) is 5.34. The molecule has 0 aliphatic rings. The highest BCUT2D eigenvalue weighted by molar-refractivity contribution is 5.71. The fourth-order valence-corrected chi connectivity index (χ4v) is 5.34. The van der Waals surface area contributed by atoms with E-state index in [0.717, 1.165) is 76.0 Å². The molecule has 0 amide bonds. The zero-order valence-electron chi connectivity index (χ0n) is 29.8. The smallest absolute Gasteiger partial charge is 0.306 e. The molecule has 0 aliphatic heterocycles. The Balaban J connectivity index is 4.25. The molecule has 0 heterocycles. The van der Waals surface area contributed by atoms with Crippen LogP contribution in [0.3, 0.4) is 0 Å². The van der Waals surface area contributed by atoms with Crippen LogP contribution >= 0.6 is 0 Å². The Morgan fingerprint density at radius 2 is 0.750 bits per heavy atom. The maximum absolute atomic E-state index is 12.4. The molecular formula is C38H72O6. The highest BCUT2D eigenvalue weighted by Crippen LogP contribution is 2.15. The Morgan fingerprint density at radius 3 is 1.11 bits per heavy atom. The molecule has 0 N–H and O–H groups in total. The Hall–Kier alpha value is -1.59. The summed E-state index contributed by atoms with van der Waals surface area (Å²) in [6, 6.07) is 0. The van der Waals surface area contributed by atoms with E-state index in [2.05, 4.69) is 34.6 Å². The van der Waals surface area contributed by atoms with Gasteiger partial charge in [0.2, 0.25) is 0 Å². The molecule has 260 valence electrons. The van der Waals surface area contributed by atoms with Crippen molar-refractivity contribution in [2.75, 3.05) is 13.2 Å². The predicted octanol–water partition coefficient (Wildman–Crippen LogP) is 11.1. The van der Waals surface area contributed by atoms with Gasteiger partial charge >= 0.3 is 17.9 Å². The zero-order chi connectivity index (χ0) is 32.7. The van der Waals surface area contributed by atoms with Gasteiger partial charge in [-0.3, -0.25) is 14.4 Å². The van der Waals surface area contributed by atoms with Gasteiger partial charge in [0.15, 0.2) is 6.10 Å². The molecule has 6 heteroatoms. The lowest BCUT2D eigenvalue weighted by Crippen LogP contribution is -2.30. The summed E-state index contributed by atoms with van der Waals surface area (Å²) in [7, 11) is 0. The standard InChI is InChI=1S/C38H72O6/c1-6-7-8-16-25-30-38(41)44-35(32-43-37(40)29-24-20-15-14-18-22-27-34(4)5)31-42-36(39)28-23-19-13-11-9-10-12-17-21-26-33(2)3/h33-35H,6-32H2,1-5H3/t35-/m0/s1. The lowest BCUT2D eigenvalue weighted by Gasteiger charge is -2.18. The van der Waals surface area contributed by atoms with Crippen LogP contribution in [0.4, 0.5) is 0 Å². The van der Waals surface area contributed by atoms with E-state index in [1.165, 1.54) is 77.0 Å². The average molecular weight is 625 g/mol. The molecule has 1 atom stereocenters. The monoisotopic (exact) mass is 625 g/mol. The summed E-state index contributed by atoms with van der Waals surface area (Å²) in [6.07, 6.45) is 25.6. The number of ether oxygens (including phenoxy) is 3. The number of carbonyl (C=O) groups excluding carboxylic acids is 3. The van der Waals surface area contributed by atoms with Crippen LogP contribution in [-0.4, -0.2) is 37.2 Å². The van der Waals surface area contributed by atoms with Crippen LogP contribution in [0, 0.1) is 11.8 Å². The minimum absolute atomic E-state index is 0.0686. The molecule has 44 heavy (non-hydrogen) atoms. The van der Waals surface area contributed by atoms with Crippen molar-refractivity contribution in [1.82, 2.24) is 0 Å². The van der Waals surface area contributed by atoms with E-state index in [1.54, 1.807) is 0 Å². The third-order valence-corrected chi connectivity index (χ3v) is 8.22. The van der Waals surface area contributed by atoms with Crippen LogP contribution < -0.4 is 0 Å². The molecule has 0 fully saturated rings. The number of rotatable bonds is 32. The third-order valence-electron chi connectivity index (χ3n) is 8.22. The van der Waals surface area contributed by atoms with Gasteiger partial charge in [-0.15, -0.1) is 0 Å². The SMILES string of the molecule is CCCCCCCC(=O)O[C@@H](COC(=O)CCCCCCCCCCCC(C)C)COC(=O)CCCCCCCCC(C)C. The Kier molecular flexibility index (Phi) is 30.3. The summed E-state index contributed by atoms with van der Waals surface area (Å²) in [5, 5.41) is 0. The molecule has 0 aliphatic carbocycles. The van der Waals surface area contributed by atoms with Gasteiger partial charge in [0.25, 0.3) is 0 Å². The molecule has 0 rings (SSSR count). The van der Waals surface area contributed by atoms with Crippen LogP contribution in [0.5, 0.6) is 0 Å². The number of carbonyl (C=O) groups is 3. The zero-order valence-corrected chi connectivity index (χ0v) is 29.8. The lowest BCUT2D eigenvalue weighted by molar-refractivity contribution is -0.167. The van der Waals surface area contributed by atoms with E-state index in [1.807, 2.05) is 0 Å². The summed E-state index contributed by atoms with van der Waals surface area (Å²) in [6.45, 7) is 11.1. The van der Waals surface area contributed by atoms with E-state index >= 15 is 0 Å². The van der Waals surface area contributed by atoms with Crippen molar-refractivity contribution in [3.63, 3.8) is 0 Å². The average Bonchev–Trinajstić information content (AvgIpc) is 2.98. The second-order valence-corrected chi connectivity index (χ2v) is 13.8. The molecule has 0 radical (unpaired) electrons. The van der Waals surface area contributed by atoms with Crippen molar-refractivity contribution in [2.24, 2.45) is 11.8 Å². The van der Waals surface area contributed by atoms with Gasteiger partial charge < -0.3 is 14.2 Å². The van der Waals surface area contributed by atoms with E-state index in [0.29, 0.717) is 19.3 Å². The first-order valence-corrected chi connectivity index (χ1v) is 18.7. The van der Waals surface area contributed by atoms with Crippen molar-refractivity contribution in [3.05, 3.63) is 0 Å². The van der Waals surface area contributed by atoms with E-state index < -0.39 is 6.10 Å². The van der Waals surface area contributed by atoms with Crippen LogP contribution in [0.2, 0.25) is 0 Å². The van der Waals surface area contributed by atoms with Gasteiger partial charge in [-0.2, -0.15) is 0 Å². The van der Waals surface area contributed by atoms with Crippen LogP contribution in [0.15, 0.2) is 0 Å². The summed E-state index contributed by atoms with van der Waals surface area (Å²) in [4.78, 5) is 37.1. The topological polar surface area (TPSA) is 78.9 Å². The van der Waals surface area contributed by atoms with Crippen LogP contribution in [0.25, 0.3) is 0 Å². The van der Waals surface area contributed by atoms with Crippen molar-refractivity contribution in [2.45, 2.75) is 201 Å². The summed E-state index contributed by atoms with van der Waals surface area (Å²) in [5.74, 6) is 0.684. The molecule has 0 bridgehead atoms. The minimum Gasteiger partial charge on any atom is -0.462 e. The largest absolute Gasteiger partial charge is 0.462 e. The van der Waals surface area contributed by atoms with Crippen molar-refractivity contribution < 1.29 is 28.6 Å². The number of hydrogen-bond acceptors (Lipinski definition) is 6. The molecular weight excluding hydrogens is 552 g/mol. The molecule has 6 nitrogen and oxygen atoms in total. The molecule has 0 aromatic carbocycles. The van der Waals surface area contributed by atoms with Crippen molar-refractivity contribution in [3.8, 4) is 0 Å². The van der Waals surface area contributed by atoms with Gasteiger partial charge in [-0.05, 0) is 31.1 Å². The van der Waals surface area contributed by atoms with Crippen LogP contribution in [-0.2, 0) is 28.6 Å². The van der Waals surface area contributed by atoms with Crippen molar-refractivity contribution in [1.29, 1.82) is 0 Å². The van der Waals surface area contributed by atoms with E-state index in [-0.39, 0.29) is 31.1 Å². The molecule has 0 saturated carbocycles. The Bertz CT molecular complexity index is 674. The molecule has 0 aromatic rings. The highest BCUT2D eigenvalue weighted by Gasteiger charge is 2.19. The van der Waals surface area contributed by atoms with Gasteiger partial charge in [-0.25, -0.2) is 0 Å². The Labute approximate surface area is 272 Å². The normalized spacial score (nSPS) is 12.1. The quantitative estimate of drug-likeness (QED) is 0.0421. The Morgan fingerprint density at radius 1 is 0.432 bits per heavy atom. The first-order valence-electron chi connectivity index (χ1n) is 18.7. The molecule has 0 spiro atoms. The lowest BCUT2D eigenvalue weighted by atomic mass is 10.0. The number of unbranched alkanes of at least 4 members (excludes halogenated alkanes) is 17. The third kappa shape index (κ3) is 31.8. The second-order valence-electron chi connectivity index (χ2n) is 13.8. The first kappa shape index (κ1) is 42.4. The maximum Gasteiger partial charge on any atom is 0.306 e. The second kappa shape index (κ2) is 31.4. The van der Waals surface area contributed by atoms with Crippen LogP contribution in [0.1, 0.15) is 195 Å². The van der Waals surface area contributed by atoms with Gasteiger partial charge in [0.05, 0.1) is 0 Å². The summed E-state index contributed by atoms with van der Waals surface area (Å²) < 4.78 is 16.5. The molecule has 0 aromatic heterocycles. The number of esters is 3. The molecule has 0 saturated heterocycles. The maximum atomic E-state index is 12.4. The van der Waals surface area contributed by atoms with Gasteiger partial charge in [0.1, 0.15) is 13.2 Å². The van der Waals surface area contributed by atoms with Gasteiger partial charge in [0, 0.05) is 19.3 Å².